The van der Waals surface area contributed by atoms with E-state index in [0.29, 0.717) is 0 Å². The monoisotopic (exact) mass is 535 g/mol. The Kier molecular flexibility index (Phi) is 9.27. The Bertz CT molecular complexity index is 852. The van der Waals surface area contributed by atoms with E-state index >= 15 is 0 Å². The second-order valence-corrected chi connectivity index (χ2v) is 29.9. The Morgan fingerprint density at radius 3 is 1.80 bits per heavy atom. The van der Waals surface area contributed by atoms with Gasteiger partial charge in [-0.05, 0) is 0 Å². The maximum atomic E-state index is 2.69. The van der Waals surface area contributed by atoms with Gasteiger partial charge >= 0.3 is 181 Å². The van der Waals surface area contributed by atoms with Crippen LogP contribution in [0.3, 0.4) is 0 Å². The zero-order chi connectivity index (χ0) is 20.0. The average molecular weight is 538 g/mol. The molecule has 1 saturated carbocycles. The summed E-state index contributed by atoms with van der Waals surface area (Å²) >= 11 is -1.75. The van der Waals surface area contributed by atoms with E-state index in [2.05, 4.69) is 101 Å². The van der Waals surface area contributed by atoms with Crippen LogP contribution in [0.1, 0.15) is 48.0 Å². The molecule has 161 valence electrons. The second-order valence-electron chi connectivity index (χ2n) is 9.64. The van der Waals surface area contributed by atoms with Crippen LogP contribution in [0.2, 0.25) is 16.7 Å². The normalized spacial score (nSPS) is 29.6. The first-order valence-corrected chi connectivity index (χ1v) is 21.1. The quantitative estimate of drug-likeness (QED) is 0.515. The summed E-state index contributed by atoms with van der Waals surface area (Å²) in [5, 5.41) is 0. The summed E-state index contributed by atoms with van der Waals surface area (Å²) in [6.45, 7) is 15.6. The summed E-state index contributed by atoms with van der Waals surface area (Å²) in [7, 11) is 0. The minimum Gasteiger partial charge on any atom is -1.00 e. The average Bonchev–Trinajstić information content (AvgIpc) is 3.16. The zero-order valence-electron chi connectivity index (χ0n) is 19.1. The van der Waals surface area contributed by atoms with E-state index in [-0.39, 0.29) is 24.8 Å². The Balaban J connectivity index is 0.00000160. The molecule has 0 amide bonds. The smallest absolute Gasteiger partial charge is 1.00 e. The van der Waals surface area contributed by atoms with Crippen LogP contribution < -0.4 is 24.8 Å². The molecule has 4 rings (SSSR count). The number of hydrogen-bond donors (Lipinski definition) is 0. The van der Waals surface area contributed by atoms with Gasteiger partial charge in [0.25, 0.3) is 0 Å². The van der Waals surface area contributed by atoms with Gasteiger partial charge in [-0.15, -0.1) is 0 Å². The first kappa shape index (κ1) is 26.1. The van der Waals surface area contributed by atoms with Crippen molar-refractivity contribution in [2.24, 2.45) is 23.7 Å². The zero-order valence-corrected chi connectivity index (χ0v) is 24.2. The molecule has 0 aliphatic heterocycles. The Labute approximate surface area is 205 Å². The molecule has 2 aromatic rings. The van der Waals surface area contributed by atoms with Crippen molar-refractivity contribution in [3.8, 4) is 0 Å². The van der Waals surface area contributed by atoms with Crippen LogP contribution in [0, 0.1) is 23.7 Å². The molecular weight excluding hydrogens is 503 g/mol. The standard InChI is InChI=1S/C15H11.C9H17.C2H7Si.2ClH.Zr/c1-2-6-12(7-3-1)15-10-13-8-4-5-9-14(13)11-15;1-6-5-7(2)9(4)8(6)3;1-3-2;;;/h1-11H;5-9H,1-4H3;3H,1-2H3;2*1H;/q;;;;;+2/p-2. The largest absolute Gasteiger partial charge is 1.00 e. The van der Waals surface area contributed by atoms with Gasteiger partial charge in [-0.3, -0.25) is 0 Å². The van der Waals surface area contributed by atoms with Crippen molar-refractivity contribution >= 4 is 17.6 Å². The van der Waals surface area contributed by atoms with E-state index < -0.39 is 26.8 Å². The van der Waals surface area contributed by atoms with E-state index in [4.69, 9.17) is 0 Å². The number of rotatable bonds is 4. The summed E-state index contributed by atoms with van der Waals surface area (Å²) in [4.78, 5) is 0. The van der Waals surface area contributed by atoms with Crippen LogP contribution in [-0.2, 0) is 20.9 Å². The van der Waals surface area contributed by atoms with E-state index in [0.717, 1.165) is 30.9 Å². The minimum absolute atomic E-state index is 0. The van der Waals surface area contributed by atoms with Crippen LogP contribution in [-0.4, -0.2) is 5.92 Å². The van der Waals surface area contributed by atoms with Crippen molar-refractivity contribution in [1.82, 2.24) is 0 Å². The fraction of sp³-hybridized carbons (Fsp3) is 0.462. The van der Waals surface area contributed by atoms with E-state index in [1.54, 1.807) is 11.1 Å². The van der Waals surface area contributed by atoms with Crippen LogP contribution in [0.5, 0.6) is 0 Å². The molecule has 5 unspecified atom stereocenters. The molecule has 4 heteroatoms. The molecule has 2 aliphatic carbocycles. The fourth-order valence-corrected chi connectivity index (χ4v) is 32.4. The van der Waals surface area contributed by atoms with Crippen molar-refractivity contribution in [3.63, 3.8) is 0 Å². The Hall–Kier alpha value is -0.140. The van der Waals surface area contributed by atoms with Gasteiger partial charge < -0.3 is 24.8 Å². The number of fused-ring (bicyclic) bond motifs is 1. The molecule has 1 fully saturated rings. The third kappa shape index (κ3) is 4.50. The van der Waals surface area contributed by atoms with Crippen molar-refractivity contribution in [2.45, 2.75) is 48.0 Å². The van der Waals surface area contributed by atoms with Gasteiger partial charge in [0.05, 0.1) is 0 Å². The van der Waals surface area contributed by atoms with Gasteiger partial charge in [0.2, 0.25) is 0 Å². The van der Waals surface area contributed by atoms with Crippen LogP contribution in [0.4, 0.5) is 0 Å². The molecule has 5 atom stereocenters. The third-order valence-corrected chi connectivity index (χ3v) is 31.1. The van der Waals surface area contributed by atoms with Gasteiger partial charge in [0.15, 0.2) is 0 Å². The van der Waals surface area contributed by atoms with Gasteiger partial charge in [-0.1, -0.05) is 0 Å². The van der Waals surface area contributed by atoms with Crippen LogP contribution in [0.15, 0.2) is 54.6 Å². The fourth-order valence-electron chi connectivity index (χ4n) is 6.17. The predicted octanol–water partition coefficient (Wildman–Crippen LogP) is 1.24. The molecule has 0 N–H and O–H groups in total. The van der Waals surface area contributed by atoms with Crippen molar-refractivity contribution < 1.29 is 45.7 Å². The number of halogens is 2. The second kappa shape index (κ2) is 10.7. The topological polar surface area (TPSA) is 0 Å². The number of hydrogen-bond acceptors (Lipinski definition) is 0. The first-order valence-electron chi connectivity index (χ1n) is 11.1. The molecule has 2 aliphatic rings. The summed E-state index contributed by atoms with van der Waals surface area (Å²) in [6, 6.07) is 20.6. The molecule has 0 saturated heterocycles. The number of benzene rings is 2. The van der Waals surface area contributed by atoms with Crippen LogP contribution >= 0.6 is 0 Å². The predicted molar refractivity (Wildman–Crippen MR) is 123 cm³/mol. The van der Waals surface area contributed by atoms with Crippen LogP contribution in [0.25, 0.3) is 11.6 Å². The molecule has 2 aromatic carbocycles. The molecule has 0 nitrogen and oxygen atoms in total. The molecule has 0 radical (unpaired) electrons. The summed E-state index contributed by atoms with van der Waals surface area (Å²) in [6.07, 6.45) is 2.55. The third-order valence-electron chi connectivity index (χ3n) is 8.04. The van der Waals surface area contributed by atoms with Gasteiger partial charge in [-0.25, -0.2) is 0 Å². The summed E-state index contributed by atoms with van der Waals surface area (Å²) < 4.78 is 1.79. The molecule has 0 bridgehead atoms. The molecular formula is C26H35Cl2SiZr. The molecule has 0 spiro atoms. The first-order chi connectivity index (χ1) is 13.4. The molecule has 0 heterocycles. The maximum Gasteiger partial charge on any atom is -1.00 e. The van der Waals surface area contributed by atoms with E-state index in [1.807, 2.05) is 0 Å². The minimum atomic E-state index is -1.75. The van der Waals surface area contributed by atoms with E-state index in [9.17, 15) is 0 Å². The molecule has 0 aromatic heterocycles. The van der Waals surface area contributed by atoms with Gasteiger partial charge in [-0.2, -0.15) is 0 Å². The SMILES string of the molecule is CC1C(C)C(C)[CH]([Zr+2]([CH]2C(c3ccccc3)=Cc3ccccc32)[SiH](C)C)C1C.[Cl-].[Cl-]. The molecule has 30 heavy (non-hydrogen) atoms. The summed E-state index contributed by atoms with van der Waals surface area (Å²) in [5.41, 5.74) is 6.29. The van der Waals surface area contributed by atoms with E-state index in [1.165, 1.54) is 11.1 Å². The number of allylic oxidation sites excluding steroid dienone is 1. The summed E-state index contributed by atoms with van der Waals surface area (Å²) in [5.74, 6) is 2.87. The Morgan fingerprint density at radius 1 is 0.700 bits per heavy atom. The maximum absolute atomic E-state index is 2.69. The van der Waals surface area contributed by atoms with Crippen molar-refractivity contribution in [3.05, 3.63) is 71.3 Å². The van der Waals surface area contributed by atoms with Gasteiger partial charge in [0.1, 0.15) is 0 Å². The Morgan fingerprint density at radius 2 is 1.23 bits per heavy atom. The van der Waals surface area contributed by atoms with Gasteiger partial charge in [0, 0.05) is 0 Å². The van der Waals surface area contributed by atoms with Crippen molar-refractivity contribution in [1.29, 1.82) is 0 Å². The van der Waals surface area contributed by atoms with Crippen molar-refractivity contribution in [2.75, 3.05) is 0 Å².